The fraction of sp³-hybridized carbons (Fsp3) is 0.412. The Balaban J connectivity index is 1.94. The molecule has 0 unspecified atom stereocenters. The number of ether oxygens (including phenoxy) is 1. The van der Waals surface area contributed by atoms with Crippen LogP contribution in [0.1, 0.15) is 19.4 Å². The number of phenols is 1. The van der Waals surface area contributed by atoms with Crippen LogP contribution in [0, 0.1) is 5.92 Å². The Morgan fingerprint density at radius 2 is 2.24 bits per heavy atom. The molecule has 1 aromatic carbocycles. The van der Waals surface area contributed by atoms with Crippen molar-refractivity contribution in [3.63, 3.8) is 0 Å². The first kappa shape index (κ1) is 14.4. The summed E-state index contributed by atoms with van der Waals surface area (Å²) < 4.78 is 5.78. The first-order valence-electron chi connectivity index (χ1n) is 7.38. The van der Waals surface area contributed by atoms with Gasteiger partial charge in [-0.25, -0.2) is 0 Å². The summed E-state index contributed by atoms with van der Waals surface area (Å²) in [4.78, 5) is 3.57. The molecule has 1 N–H and O–H groups in total. The van der Waals surface area contributed by atoms with E-state index in [0.717, 1.165) is 30.8 Å². The molecule has 0 amide bonds. The standard InChI is InChI=1S/C17H21NO2S/c1-12(2)10-18-5-6-20-17-14(11-18)8-13(9-15(17)19)16-4-3-7-21-16/h3-4,7-9,12,19H,5-6,10-11H2,1-2H3. The van der Waals surface area contributed by atoms with Crippen LogP contribution in [0.4, 0.5) is 0 Å². The Hall–Kier alpha value is -1.52. The van der Waals surface area contributed by atoms with Crippen molar-refractivity contribution in [1.82, 2.24) is 4.90 Å². The van der Waals surface area contributed by atoms with Gasteiger partial charge < -0.3 is 9.84 Å². The molecule has 3 rings (SSSR count). The van der Waals surface area contributed by atoms with Gasteiger partial charge in [0.25, 0.3) is 0 Å². The zero-order chi connectivity index (χ0) is 14.8. The van der Waals surface area contributed by atoms with Gasteiger partial charge in [0.15, 0.2) is 11.5 Å². The van der Waals surface area contributed by atoms with Crippen LogP contribution in [0.15, 0.2) is 29.6 Å². The third-order valence-corrected chi connectivity index (χ3v) is 4.54. The largest absolute Gasteiger partial charge is 0.504 e. The highest BCUT2D eigenvalue weighted by atomic mass is 32.1. The van der Waals surface area contributed by atoms with Gasteiger partial charge in [0.2, 0.25) is 0 Å². The van der Waals surface area contributed by atoms with Gasteiger partial charge in [0, 0.05) is 30.1 Å². The second kappa shape index (κ2) is 6.08. The number of fused-ring (bicyclic) bond motifs is 1. The molecule has 0 fully saturated rings. The minimum Gasteiger partial charge on any atom is -0.504 e. The van der Waals surface area contributed by atoms with Crippen molar-refractivity contribution < 1.29 is 9.84 Å². The Labute approximate surface area is 129 Å². The van der Waals surface area contributed by atoms with E-state index in [1.54, 1.807) is 11.3 Å². The van der Waals surface area contributed by atoms with Gasteiger partial charge >= 0.3 is 0 Å². The predicted molar refractivity (Wildman–Crippen MR) is 87.0 cm³/mol. The normalized spacial score (nSPS) is 15.6. The van der Waals surface area contributed by atoms with Gasteiger partial charge in [-0.05, 0) is 35.1 Å². The van der Waals surface area contributed by atoms with Crippen LogP contribution in [0.25, 0.3) is 10.4 Å². The molecule has 2 aromatic rings. The SMILES string of the molecule is CC(C)CN1CCOc2c(O)cc(-c3cccs3)cc2C1. The Morgan fingerprint density at radius 1 is 1.38 bits per heavy atom. The second-order valence-corrected chi connectivity index (χ2v) is 6.89. The molecular weight excluding hydrogens is 282 g/mol. The lowest BCUT2D eigenvalue weighted by atomic mass is 10.1. The van der Waals surface area contributed by atoms with E-state index in [2.05, 4.69) is 36.3 Å². The number of benzene rings is 1. The molecule has 0 bridgehead atoms. The molecule has 0 spiro atoms. The van der Waals surface area contributed by atoms with Gasteiger partial charge in [-0.1, -0.05) is 19.9 Å². The highest BCUT2D eigenvalue weighted by Gasteiger charge is 2.20. The molecule has 112 valence electrons. The summed E-state index contributed by atoms with van der Waals surface area (Å²) in [5, 5.41) is 12.3. The number of phenolic OH excluding ortho intramolecular Hbond substituents is 1. The second-order valence-electron chi connectivity index (χ2n) is 5.94. The first-order chi connectivity index (χ1) is 10.1. The molecule has 2 heterocycles. The monoisotopic (exact) mass is 303 g/mol. The minimum atomic E-state index is 0.252. The molecule has 21 heavy (non-hydrogen) atoms. The highest BCUT2D eigenvalue weighted by molar-refractivity contribution is 7.13. The quantitative estimate of drug-likeness (QED) is 0.931. The third-order valence-electron chi connectivity index (χ3n) is 3.62. The van der Waals surface area contributed by atoms with E-state index in [-0.39, 0.29) is 5.75 Å². The van der Waals surface area contributed by atoms with Crippen LogP contribution in [0.3, 0.4) is 0 Å². The topological polar surface area (TPSA) is 32.7 Å². The van der Waals surface area contributed by atoms with Gasteiger partial charge in [-0.15, -0.1) is 11.3 Å². The number of hydrogen-bond acceptors (Lipinski definition) is 4. The van der Waals surface area contributed by atoms with E-state index in [9.17, 15) is 5.11 Å². The van der Waals surface area contributed by atoms with Crippen LogP contribution in [0.5, 0.6) is 11.5 Å². The molecular formula is C17H21NO2S. The van der Waals surface area contributed by atoms with E-state index in [0.29, 0.717) is 18.3 Å². The molecule has 4 heteroatoms. The molecule has 0 saturated heterocycles. The van der Waals surface area contributed by atoms with Crippen molar-refractivity contribution >= 4 is 11.3 Å². The van der Waals surface area contributed by atoms with Crippen molar-refractivity contribution in [1.29, 1.82) is 0 Å². The highest BCUT2D eigenvalue weighted by Crippen LogP contribution is 2.38. The zero-order valence-electron chi connectivity index (χ0n) is 12.5. The maximum Gasteiger partial charge on any atom is 0.165 e. The average Bonchev–Trinajstić information content (AvgIpc) is 2.87. The molecule has 0 aliphatic carbocycles. The zero-order valence-corrected chi connectivity index (χ0v) is 13.3. The molecule has 1 aliphatic rings. The van der Waals surface area contributed by atoms with E-state index in [4.69, 9.17) is 4.74 Å². The number of hydrogen-bond donors (Lipinski definition) is 1. The smallest absolute Gasteiger partial charge is 0.165 e. The Kier molecular flexibility index (Phi) is 4.17. The predicted octanol–water partition coefficient (Wildman–Crippen LogP) is 3.97. The molecule has 0 saturated carbocycles. The molecule has 0 atom stereocenters. The lowest BCUT2D eigenvalue weighted by Gasteiger charge is -2.21. The molecule has 1 aliphatic heterocycles. The van der Waals surface area contributed by atoms with Gasteiger partial charge in [0.05, 0.1) is 0 Å². The fourth-order valence-electron chi connectivity index (χ4n) is 2.81. The van der Waals surface area contributed by atoms with E-state index < -0.39 is 0 Å². The Morgan fingerprint density at radius 3 is 2.95 bits per heavy atom. The maximum atomic E-state index is 10.3. The summed E-state index contributed by atoms with van der Waals surface area (Å²) in [6.45, 7) is 7.87. The van der Waals surface area contributed by atoms with Crippen LogP contribution in [0.2, 0.25) is 0 Å². The van der Waals surface area contributed by atoms with Crippen molar-refractivity contribution in [2.75, 3.05) is 19.7 Å². The van der Waals surface area contributed by atoms with Crippen molar-refractivity contribution in [2.24, 2.45) is 5.92 Å². The maximum absolute atomic E-state index is 10.3. The van der Waals surface area contributed by atoms with Crippen LogP contribution in [-0.2, 0) is 6.54 Å². The Bertz CT molecular complexity index is 608. The number of nitrogens with zero attached hydrogens (tertiary/aromatic N) is 1. The number of thiophene rings is 1. The van der Waals surface area contributed by atoms with Crippen molar-refractivity contribution in [3.05, 3.63) is 35.2 Å². The molecule has 1 aromatic heterocycles. The van der Waals surface area contributed by atoms with Crippen molar-refractivity contribution in [3.8, 4) is 21.9 Å². The summed E-state index contributed by atoms with van der Waals surface area (Å²) in [6, 6.07) is 8.07. The summed E-state index contributed by atoms with van der Waals surface area (Å²) >= 11 is 1.69. The van der Waals surface area contributed by atoms with Crippen LogP contribution >= 0.6 is 11.3 Å². The van der Waals surface area contributed by atoms with Gasteiger partial charge in [-0.2, -0.15) is 0 Å². The minimum absolute atomic E-state index is 0.252. The average molecular weight is 303 g/mol. The van der Waals surface area contributed by atoms with Gasteiger partial charge in [0.1, 0.15) is 6.61 Å². The summed E-state index contributed by atoms with van der Waals surface area (Å²) in [7, 11) is 0. The van der Waals surface area contributed by atoms with E-state index in [1.165, 1.54) is 4.88 Å². The number of aromatic hydroxyl groups is 1. The van der Waals surface area contributed by atoms with E-state index >= 15 is 0 Å². The summed E-state index contributed by atoms with van der Waals surface area (Å²) in [6.07, 6.45) is 0. The molecule has 0 radical (unpaired) electrons. The number of rotatable bonds is 3. The van der Waals surface area contributed by atoms with Gasteiger partial charge in [-0.3, -0.25) is 4.90 Å². The molecule has 3 nitrogen and oxygen atoms in total. The van der Waals surface area contributed by atoms with Crippen LogP contribution < -0.4 is 4.74 Å². The lowest BCUT2D eigenvalue weighted by Crippen LogP contribution is -2.29. The van der Waals surface area contributed by atoms with E-state index in [1.807, 2.05) is 12.1 Å². The first-order valence-corrected chi connectivity index (χ1v) is 8.26. The lowest BCUT2D eigenvalue weighted by molar-refractivity contribution is 0.205. The summed E-state index contributed by atoms with van der Waals surface area (Å²) in [5.74, 6) is 1.53. The van der Waals surface area contributed by atoms with Crippen molar-refractivity contribution in [2.45, 2.75) is 20.4 Å². The fourth-order valence-corrected chi connectivity index (χ4v) is 3.53. The third kappa shape index (κ3) is 3.22. The summed E-state index contributed by atoms with van der Waals surface area (Å²) in [5.41, 5.74) is 2.15. The van der Waals surface area contributed by atoms with Crippen LogP contribution in [-0.4, -0.2) is 29.7 Å².